The van der Waals surface area contributed by atoms with E-state index in [2.05, 4.69) is 26.5 Å². The van der Waals surface area contributed by atoms with Gasteiger partial charge in [-0.05, 0) is 43.9 Å². The Morgan fingerprint density at radius 1 is 1.05 bits per heavy atom. The van der Waals surface area contributed by atoms with E-state index in [-0.39, 0.29) is 11.7 Å². The maximum Gasteiger partial charge on any atom is 0.201 e. The molecule has 0 unspecified atom stereocenters. The summed E-state index contributed by atoms with van der Waals surface area (Å²) in [6.07, 6.45) is 3.98. The average Bonchev–Trinajstić information content (AvgIpc) is 2.63. The maximum absolute atomic E-state index is 6.18. The summed E-state index contributed by atoms with van der Waals surface area (Å²) in [5, 5.41) is 0. The molecule has 20 heavy (non-hydrogen) atoms. The van der Waals surface area contributed by atoms with Crippen molar-refractivity contribution in [3.63, 3.8) is 0 Å². The summed E-state index contributed by atoms with van der Waals surface area (Å²) in [6, 6.07) is 0. The Bertz CT molecular complexity index is 415. The van der Waals surface area contributed by atoms with Gasteiger partial charge in [-0.15, -0.1) is 12.6 Å². The van der Waals surface area contributed by atoms with Crippen LogP contribution in [0.15, 0.2) is 0 Å². The van der Waals surface area contributed by atoms with Crippen molar-refractivity contribution in [2.75, 3.05) is 0 Å². The molecular formula is C15H24O4S. The van der Waals surface area contributed by atoms with E-state index in [1.165, 1.54) is 6.42 Å². The minimum absolute atomic E-state index is 0.0868. The molecule has 4 heterocycles. The molecular weight excluding hydrogens is 276 g/mol. The maximum atomic E-state index is 6.18. The van der Waals surface area contributed by atoms with Crippen LogP contribution in [-0.4, -0.2) is 23.1 Å². The van der Waals surface area contributed by atoms with Crippen LogP contribution in [0.5, 0.6) is 0 Å². The number of fused-ring (bicyclic) bond motifs is 2. The molecule has 114 valence electrons. The minimum Gasteiger partial charge on any atom is -0.335 e. The van der Waals surface area contributed by atoms with Gasteiger partial charge < -0.3 is 9.47 Å². The van der Waals surface area contributed by atoms with Crippen LogP contribution in [0.1, 0.15) is 46.5 Å². The number of hydrogen-bond donors (Lipinski definition) is 1. The highest BCUT2D eigenvalue weighted by atomic mass is 32.1. The second-order valence-electron chi connectivity index (χ2n) is 7.30. The molecule has 4 saturated heterocycles. The summed E-state index contributed by atoms with van der Waals surface area (Å²) in [5.74, 6) is 1.13. The number of hydrogen-bond acceptors (Lipinski definition) is 5. The van der Waals surface area contributed by atoms with E-state index in [1.54, 1.807) is 0 Å². The topological polar surface area (TPSA) is 36.9 Å². The van der Waals surface area contributed by atoms with Crippen molar-refractivity contribution >= 4 is 12.6 Å². The van der Waals surface area contributed by atoms with Crippen LogP contribution in [-0.2, 0) is 19.2 Å². The Balaban J connectivity index is 1.82. The lowest BCUT2D eigenvalue weighted by Gasteiger charge is -2.60. The third-order valence-corrected chi connectivity index (χ3v) is 6.71. The molecule has 1 saturated carbocycles. The van der Waals surface area contributed by atoms with Crippen LogP contribution in [0.2, 0.25) is 0 Å². The van der Waals surface area contributed by atoms with Gasteiger partial charge in [0.15, 0.2) is 11.9 Å². The summed E-state index contributed by atoms with van der Waals surface area (Å²) in [4.78, 5) is 11.8. The number of rotatable bonds is 0. The fourth-order valence-electron chi connectivity index (χ4n) is 4.89. The largest absolute Gasteiger partial charge is 0.335 e. The molecule has 0 N–H and O–H groups in total. The standard InChI is InChI=1S/C15H24O4S/c1-8-4-5-11-9(2)12(20)16-13-15(11)10(8)6-7-14(3,17-13)18-19-15/h8-13,20H,4-7H2,1-3H3/t8-,9-,10+,11+,12-,13-,14-,15-/m1/s1. The third kappa shape index (κ3) is 1.64. The van der Waals surface area contributed by atoms with Gasteiger partial charge in [0.25, 0.3) is 0 Å². The Labute approximate surface area is 125 Å². The van der Waals surface area contributed by atoms with Crippen LogP contribution in [0.25, 0.3) is 0 Å². The molecule has 4 aliphatic heterocycles. The van der Waals surface area contributed by atoms with Gasteiger partial charge in [0.2, 0.25) is 5.79 Å². The van der Waals surface area contributed by atoms with Gasteiger partial charge in [-0.2, -0.15) is 0 Å². The van der Waals surface area contributed by atoms with Gasteiger partial charge in [0.1, 0.15) is 5.44 Å². The fraction of sp³-hybridized carbons (Fsp3) is 1.00. The van der Waals surface area contributed by atoms with E-state index in [0.717, 1.165) is 19.3 Å². The van der Waals surface area contributed by atoms with Crippen LogP contribution in [0, 0.1) is 23.7 Å². The molecule has 5 rings (SSSR count). The van der Waals surface area contributed by atoms with Crippen molar-refractivity contribution in [3.05, 3.63) is 0 Å². The zero-order valence-electron chi connectivity index (χ0n) is 12.4. The molecule has 5 fully saturated rings. The van der Waals surface area contributed by atoms with Crippen molar-refractivity contribution in [2.24, 2.45) is 23.7 Å². The van der Waals surface area contributed by atoms with E-state index in [9.17, 15) is 0 Å². The van der Waals surface area contributed by atoms with E-state index in [4.69, 9.17) is 19.2 Å². The van der Waals surface area contributed by atoms with Crippen molar-refractivity contribution in [1.29, 1.82) is 0 Å². The van der Waals surface area contributed by atoms with Gasteiger partial charge in [-0.25, -0.2) is 9.78 Å². The Kier molecular flexibility index (Phi) is 3.01. The van der Waals surface area contributed by atoms with Crippen molar-refractivity contribution in [2.45, 2.75) is 69.6 Å². The molecule has 5 heteroatoms. The van der Waals surface area contributed by atoms with Gasteiger partial charge in [-0.1, -0.05) is 13.8 Å². The van der Waals surface area contributed by atoms with Crippen LogP contribution >= 0.6 is 12.6 Å². The minimum atomic E-state index is -0.675. The van der Waals surface area contributed by atoms with Crippen LogP contribution < -0.4 is 0 Å². The zero-order chi connectivity index (χ0) is 14.1. The first-order chi connectivity index (χ1) is 9.46. The summed E-state index contributed by atoms with van der Waals surface area (Å²) < 4.78 is 12.3. The second-order valence-corrected chi connectivity index (χ2v) is 7.80. The van der Waals surface area contributed by atoms with E-state index in [1.807, 2.05) is 6.92 Å². The van der Waals surface area contributed by atoms with Gasteiger partial charge in [-0.3, -0.25) is 0 Å². The van der Waals surface area contributed by atoms with E-state index in [0.29, 0.717) is 23.7 Å². The Morgan fingerprint density at radius 2 is 1.85 bits per heavy atom. The van der Waals surface area contributed by atoms with Gasteiger partial charge >= 0.3 is 0 Å². The molecule has 0 radical (unpaired) electrons. The zero-order valence-corrected chi connectivity index (χ0v) is 13.3. The SMILES string of the molecule is C[C@H]1[C@@H](S)O[C@@H]2O[C@@]3(C)CC[C@H]4[C@H](C)CC[C@@H]1[C@@]24OO3. The molecule has 0 amide bonds. The molecule has 1 aliphatic carbocycles. The summed E-state index contributed by atoms with van der Waals surface area (Å²) in [5.41, 5.74) is -0.525. The second kappa shape index (κ2) is 4.35. The molecule has 2 bridgehead atoms. The lowest BCUT2D eigenvalue weighted by atomic mass is 9.58. The fourth-order valence-corrected chi connectivity index (χ4v) is 5.20. The summed E-state index contributed by atoms with van der Waals surface area (Å²) >= 11 is 4.62. The van der Waals surface area contributed by atoms with Crippen molar-refractivity contribution < 1.29 is 19.2 Å². The predicted octanol–water partition coefficient (Wildman–Crippen LogP) is 3.12. The molecule has 1 spiro atoms. The first-order valence-electron chi connectivity index (χ1n) is 7.84. The lowest BCUT2D eigenvalue weighted by Crippen LogP contribution is -2.69. The molecule has 0 aromatic rings. The van der Waals surface area contributed by atoms with Crippen molar-refractivity contribution in [1.82, 2.24) is 0 Å². The molecule has 0 aromatic heterocycles. The summed E-state index contributed by atoms with van der Waals surface area (Å²) in [6.45, 7) is 6.49. The van der Waals surface area contributed by atoms with Crippen molar-refractivity contribution in [3.8, 4) is 0 Å². The van der Waals surface area contributed by atoms with E-state index >= 15 is 0 Å². The quantitative estimate of drug-likeness (QED) is 0.551. The van der Waals surface area contributed by atoms with Gasteiger partial charge in [0.05, 0.1) is 0 Å². The highest BCUT2D eigenvalue weighted by Gasteiger charge is 2.68. The summed E-state index contributed by atoms with van der Waals surface area (Å²) in [7, 11) is 0. The van der Waals surface area contributed by atoms with Gasteiger partial charge in [0, 0.05) is 12.3 Å². The first-order valence-corrected chi connectivity index (χ1v) is 8.36. The highest BCUT2D eigenvalue weighted by molar-refractivity contribution is 7.80. The smallest absolute Gasteiger partial charge is 0.201 e. The Morgan fingerprint density at radius 3 is 2.65 bits per heavy atom. The first kappa shape index (κ1) is 13.8. The average molecular weight is 300 g/mol. The van der Waals surface area contributed by atoms with Crippen LogP contribution in [0.3, 0.4) is 0 Å². The highest BCUT2D eigenvalue weighted by Crippen LogP contribution is 2.60. The monoisotopic (exact) mass is 300 g/mol. The number of ether oxygens (including phenoxy) is 2. The van der Waals surface area contributed by atoms with Crippen LogP contribution in [0.4, 0.5) is 0 Å². The Hall–Kier alpha value is 0.190. The third-order valence-electron chi connectivity index (χ3n) is 6.12. The molecule has 4 nitrogen and oxygen atoms in total. The molecule has 8 atom stereocenters. The predicted molar refractivity (Wildman–Crippen MR) is 75.8 cm³/mol. The normalized spacial score (nSPS) is 61.8. The molecule has 5 aliphatic rings. The van der Waals surface area contributed by atoms with E-state index < -0.39 is 11.4 Å². The number of thiol groups is 1. The molecule has 0 aromatic carbocycles. The lowest BCUT2D eigenvalue weighted by molar-refractivity contribution is -0.568.